The molecule has 0 bridgehead atoms. The molecular formula is C23H32N5S+. The van der Waals surface area contributed by atoms with Crippen LogP contribution < -0.4 is 20.4 Å². The fourth-order valence-corrected chi connectivity index (χ4v) is 3.66. The third kappa shape index (κ3) is 5.49. The summed E-state index contributed by atoms with van der Waals surface area (Å²) in [5, 5.41) is 8.71. The van der Waals surface area contributed by atoms with Crippen molar-refractivity contribution in [2.75, 3.05) is 52.7 Å². The maximum Gasteiger partial charge on any atom is 0.166 e. The zero-order chi connectivity index (χ0) is 20.8. The molecule has 0 fully saturated rings. The molecule has 4 N–H and O–H groups in total. The van der Waals surface area contributed by atoms with E-state index in [0.29, 0.717) is 5.11 Å². The molecule has 0 unspecified atom stereocenters. The smallest absolute Gasteiger partial charge is 0.166 e. The summed E-state index contributed by atoms with van der Waals surface area (Å²) in [5.74, 6) is 0.196. The van der Waals surface area contributed by atoms with Gasteiger partial charge in [-0.2, -0.15) is 0 Å². The number of rotatable bonds is 8. The Bertz CT molecular complexity index is 930. The predicted molar refractivity (Wildman–Crippen MR) is 127 cm³/mol. The monoisotopic (exact) mass is 410 g/mol. The second-order valence-corrected chi connectivity index (χ2v) is 8.33. The van der Waals surface area contributed by atoms with Crippen molar-refractivity contribution in [2.24, 2.45) is 0 Å². The van der Waals surface area contributed by atoms with Crippen LogP contribution >= 0.6 is 12.2 Å². The van der Waals surface area contributed by atoms with Gasteiger partial charge in [-0.25, -0.2) is 0 Å². The molecule has 3 rings (SSSR count). The van der Waals surface area contributed by atoms with Crippen molar-refractivity contribution in [3.63, 3.8) is 0 Å². The first kappa shape index (κ1) is 21.1. The van der Waals surface area contributed by atoms with Crippen LogP contribution in [0.5, 0.6) is 0 Å². The van der Waals surface area contributed by atoms with Crippen molar-refractivity contribution in [3.05, 3.63) is 65.9 Å². The molecule has 0 saturated heterocycles. The SMILES string of the molecule is CN(C)c1ccc([C@@H](CNC(=S)NCC[NH+](C)C)c2c[nH]c3ccccc23)cc1. The largest absolute Gasteiger partial charge is 0.378 e. The van der Waals surface area contributed by atoms with Gasteiger partial charge in [-0.3, -0.25) is 0 Å². The van der Waals surface area contributed by atoms with Gasteiger partial charge in [0.15, 0.2) is 5.11 Å². The Kier molecular flexibility index (Phi) is 7.12. The fraction of sp³-hybridized carbons (Fsp3) is 0.348. The average Bonchev–Trinajstić information content (AvgIpc) is 3.12. The molecule has 2 aromatic carbocycles. The van der Waals surface area contributed by atoms with Crippen LogP contribution in [0.15, 0.2) is 54.7 Å². The Hall–Kier alpha value is -2.57. The summed E-state index contributed by atoms with van der Waals surface area (Å²) in [6.45, 7) is 2.63. The number of para-hydroxylation sites is 1. The van der Waals surface area contributed by atoms with Crippen LogP contribution in [0.1, 0.15) is 17.0 Å². The van der Waals surface area contributed by atoms with Gasteiger partial charge in [0.2, 0.25) is 0 Å². The Labute approximate surface area is 179 Å². The number of thiocarbonyl (C=S) groups is 1. The Morgan fingerprint density at radius 1 is 1.07 bits per heavy atom. The molecule has 1 atom stereocenters. The number of nitrogens with zero attached hydrogens (tertiary/aromatic N) is 1. The Morgan fingerprint density at radius 2 is 1.79 bits per heavy atom. The highest BCUT2D eigenvalue weighted by Gasteiger charge is 2.18. The maximum absolute atomic E-state index is 5.51. The molecule has 29 heavy (non-hydrogen) atoms. The van der Waals surface area contributed by atoms with Gasteiger partial charge in [-0.05, 0) is 41.5 Å². The van der Waals surface area contributed by atoms with Crippen LogP contribution in [0.25, 0.3) is 10.9 Å². The van der Waals surface area contributed by atoms with E-state index in [4.69, 9.17) is 12.2 Å². The quantitative estimate of drug-likeness (QED) is 0.429. The highest BCUT2D eigenvalue weighted by atomic mass is 32.1. The third-order valence-corrected chi connectivity index (χ3v) is 5.47. The summed E-state index contributed by atoms with van der Waals surface area (Å²) in [6, 6.07) is 17.2. The van der Waals surface area contributed by atoms with E-state index in [1.807, 2.05) is 0 Å². The maximum atomic E-state index is 5.51. The molecule has 0 aliphatic rings. The van der Waals surface area contributed by atoms with Crippen molar-refractivity contribution in [2.45, 2.75) is 5.92 Å². The molecule has 1 aromatic heterocycles. The summed E-state index contributed by atoms with van der Waals surface area (Å²) in [7, 11) is 8.41. The van der Waals surface area contributed by atoms with Gasteiger partial charge in [0.1, 0.15) is 0 Å². The van der Waals surface area contributed by atoms with Crippen LogP contribution in [0.4, 0.5) is 5.69 Å². The molecule has 0 saturated carbocycles. The topological polar surface area (TPSA) is 47.5 Å². The van der Waals surface area contributed by atoms with Gasteiger partial charge in [0.05, 0.1) is 27.2 Å². The zero-order valence-electron chi connectivity index (χ0n) is 17.8. The molecule has 6 heteroatoms. The van der Waals surface area contributed by atoms with Crippen LogP contribution in [-0.2, 0) is 0 Å². The summed E-state index contributed by atoms with van der Waals surface area (Å²) >= 11 is 5.51. The van der Waals surface area contributed by atoms with Gasteiger partial charge in [-0.15, -0.1) is 0 Å². The lowest BCUT2D eigenvalue weighted by atomic mass is 9.90. The molecule has 0 aliphatic carbocycles. The van der Waals surface area contributed by atoms with Gasteiger partial charge in [0, 0.05) is 49.3 Å². The number of quaternary nitrogens is 1. The Morgan fingerprint density at radius 3 is 2.48 bits per heavy atom. The molecule has 3 aromatic rings. The minimum atomic E-state index is 0.196. The molecular weight excluding hydrogens is 378 g/mol. The Balaban J connectivity index is 1.81. The number of benzene rings is 2. The van der Waals surface area contributed by atoms with Crippen LogP contribution in [0.2, 0.25) is 0 Å². The number of likely N-dealkylation sites (N-methyl/N-ethyl adjacent to an activating group) is 1. The van der Waals surface area contributed by atoms with Gasteiger partial charge in [-0.1, -0.05) is 30.3 Å². The normalized spacial score (nSPS) is 12.2. The number of hydrogen-bond acceptors (Lipinski definition) is 2. The highest BCUT2D eigenvalue weighted by molar-refractivity contribution is 7.80. The summed E-state index contributed by atoms with van der Waals surface area (Å²) in [4.78, 5) is 6.94. The first-order valence-electron chi connectivity index (χ1n) is 10.1. The number of anilines is 1. The lowest BCUT2D eigenvalue weighted by Crippen LogP contribution is -3.06. The predicted octanol–water partition coefficient (Wildman–Crippen LogP) is 1.97. The lowest BCUT2D eigenvalue weighted by Gasteiger charge is -2.21. The molecule has 0 aliphatic heterocycles. The molecule has 154 valence electrons. The number of nitrogens with one attached hydrogen (secondary N) is 4. The second kappa shape index (κ2) is 9.76. The summed E-state index contributed by atoms with van der Waals surface area (Å²) < 4.78 is 0. The van der Waals surface area contributed by atoms with Gasteiger partial charge in [0.25, 0.3) is 0 Å². The number of H-pyrrole nitrogens is 1. The van der Waals surface area contributed by atoms with Crippen LogP contribution in [0.3, 0.4) is 0 Å². The van der Waals surface area contributed by atoms with Crippen molar-refractivity contribution >= 4 is 33.9 Å². The van der Waals surface area contributed by atoms with Crippen molar-refractivity contribution in [3.8, 4) is 0 Å². The van der Waals surface area contributed by atoms with E-state index < -0.39 is 0 Å². The summed E-state index contributed by atoms with van der Waals surface area (Å²) in [6.07, 6.45) is 2.13. The van der Waals surface area contributed by atoms with E-state index in [1.165, 1.54) is 27.1 Å². The van der Waals surface area contributed by atoms with Crippen molar-refractivity contribution in [1.29, 1.82) is 0 Å². The molecule has 1 heterocycles. The number of aromatic nitrogens is 1. The fourth-order valence-electron chi connectivity index (χ4n) is 3.48. The van der Waals surface area contributed by atoms with E-state index in [0.717, 1.165) is 25.2 Å². The lowest BCUT2D eigenvalue weighted by molar-refractivity contribution is -0.856. The zero-order valence-corrected chi connectivity index (χ0v) is 18.6. The van der Waals surface area contributed by atoms with E-state index in [1.54, 1.807) is 0 Å². The molecule has 5 nitrogen and oxygen atoms in total. The van der Waals surface area contributed by atoms with Gasteiger partial charge < -0.3 is 25.4 Å². The highest BCUT2D eigenvalue weighted by Crippen LogP contribution is 2.31. The first-order chi connectivity index (χ1) is 14.0. The number of aromatic amines is 1. The van der Waals surface area contributed by atoms with E-state index in [2.05, 4.69) is 103 Å². The summed E-state index contributed by atoms with van der Waals surface area (Å²) in [5.41, 5.74) is 4.91. The minimum Gasteiger partial charge on any atom is -0.378 e. The average molecular weight is 411 g/mol. The van der Waals surface area contributed by atoms with E-state index >= 15 is 0 Å². The molecule has 0 spiro atoms. The number of hydrogen-bond donors (Lipinski definition) is 4. The van der Waals surface area contributed by atoms with Crippen LogP contribution in [0, 0.1) is 0 Å². The van der Waals surface area contributed by atoms with Crippen LogP contribution in [-0.4, -0.2) is 57.9 Å². The van der Waals surface area contributed by atoms with Crippen molar-refractivity contribution < 1.29 is 4.90 Å². The molecule has 0 radical (unpaired) electrons. The number of fused-ring (bicyclic) bond motifs is 1. The molecule has 0 amide bonds. The minimum absolute atomic E-state index is 0.196. The van der Waals surface area contributed by atoms with E-state index in [-0.39, 0.29) is 5.92 Å². The second-order valence-electron chi connectivity index (χ2n) is 7.92. The first-order valence-corrected chi connectivity index (χ1v) is 10.5. The van der Waals surface area contributed by atoms with E-state index in [9.17, 15) is 0 Å². The van der Waals surface area contributed by atoms with Gasteiger partial charge >= 0.3 is 0 Å². The third-order valence-electron chi connectivity index (χ3n) is 5.19. The standard InChI is InChI=1S/C23H31N5S/c1-27(2)14-13-24-23(29)26-15-20(17-9-11-18(12-10-17)28(3)4)21-16-25-22-8-6-5-7-19(21)22/h5-12,16,20,25H,13-15H2,1-4H3,(H2,24,26,29)/p+1/t20-/m1/s1. The van der Waals surface area contributed by atoms with Crippen molar-refractivity contribution in [1.82, 2.24) is 15.6 Å².